The van der Waals surface area contributed by atoms with Gasteiger partial charge in [0.05, 0.1) is 4.92 Å². The highest BCUT2D eigenvalue weighted by Crippen LogP contribution is 2.39. The van der Waals surface area contributed by atoms with E-state index in [1.165, 1.54) is 24.3 Å². The number of nitrogens with zero attached hydrogens (tertiary/aromatic N) is 1. The summed E-state index contributed by atoms with van der Waals surface area (Å²) in [7, 11) is 0. The molecule has 0 amide bonds. The lowest BCUT2D eigenvalue weighted by Crippen LogP contribution is -2.43. The lowest BCUT2D eigenvalue weighted by molar-refractivity contribution is -0.384. The van der Waals surface area contributed by atoms with E-state index >= 15 is 0 Å². The average molecular weight is 229 g/mol. The Labute approximate surface area is 90.0 Å². The summed E-state index contributed by atoms with van der Waals surface area (Å²) in [5.74, 6) is -2.24. The van der Waals surface area contributed by atoms with Crippen LogP contribution in [-0.2, 0) is 0 Å². The molecule has 0 radical (unpaired) electrons. The minimum Gasteiger partial charge on any atom is -0.490 e. The Bertz CT molecular complexity index is 397. The third-order valence-electron chi connectivity index (χ3n) is 2.40. The SMILES string of the molecule is O=[N+]([O-])c1ccc(OC2CC(F)(F)C2)cc1. The second kappa shape index (κ2) is 3.70. The molecule has 1 aromatic carbocycles. The van der Waals surface area contributed by atoms with Gasteiger partial charge < -0.3 is 4.74 Å². The maximum Gasteiger partial charge on any atom is 0.269 e. The zero-order valence-electron chi connectivity index (χ0n) is 8.23. The predicted molar refractivity (Wildman–Crippen MR) is 51.7 cm³/mol. The third-order valence-corrected chi connectivity index (χ3v) is 2.40. The van der Waals surface area contributed by atoms with Gasteiger partial charge in [-0.05, 0) is 12.1 Å². The second-order valence-electron chi connectivity index (χ2n) is 3.76. The molecular weight excluding hydrogens is 220 g/mol. The molecule has 0 aromatic heterocycles. The summed E-state index contributed by atoms with van der Waals surface area (Å²) in [5.41, 5.74) is -0.0497. The van der Waals surface area contributed by atoms with Crippen molar-refractivity contribution >= 4 is 5.69 Å². The maximum absolute atomic E-state index is 12.5. The van der Waals surface area contributed by atoms with Crippen molar-refractivity contribution < 1.29 is 18.4 Å². The maximum atomic E-state index is 12.5. The number of rotatable bonds is 3. The summed E-state index contributed by atoms with van der Waals surface area (Å²) in [6, 6.07) is 5.39. The largest absolute Gasteiger partial charge is 0.490 e. The molecule has 1 aliphatic carbocycles. The van der Waals surface area contributed by atoms with Crippen LogP contribution in [0.3, 0.4) is 0 Å². The van der Waals surface area contributed by atoms with Gasteiger partial charge >= 0.3 is 0 Å². The van der Waals surface area contributed by atoms with Gasteiger partial charge in [0.1, 0.15) is 11.9 Å². The van der Waals surface area contributed by atoms with Crippen LogP contribution < -0.4 is 4.74 Å². The summed E-state index contributed by atoms with van der Waals surface area (Å²) in [5, 5.41) is 10.4. The van der Waals surface area contributed by atoms with Crippen LogP contribution in [0.1, 0.15) is 12.8 Å². The fourth-order valence-electron chi connectivity index (χ4n) is 1.53. The highest BCUT2D eigenvalue weighted by molar-refractivity contribution is 5.36. The van der Waals surface area contributed by atoms with E-state index < -0.39 is 16.9 Å². The number of nitro benzene ring substituents is 1. The Balaban J connectivity index is 1.94. The van der Waals surface area contributed by atoms with Crippen LogP contribution in [0.4, 0.5) is 14.5 Å². The molecule has 4 nitrogen and oxygen atoms in total. The zero-order valence-corrected chi connectivity index (χ0v) is 8.23. The standard InChI is InChI=1S/C10H9F2NO3/c11-10(12)5-9(6-10)16-8-3-1-7(2-4-8)13(14)15/h1-4,9H,5-6H2. The number of halogens is 2. The predicted octanol–water partition coefficient (Wildman–Crippen LogP) is 2.77. The summed E-state index contributed by atoms with van der Waals surface area (Å²) >= 11 is 0. The van der Waals surface area contributed by atoms with Crippen LogP contribution in [-0.4, -0.2) is 16.9 Å². The number of non-ortho nitro benzene ring substituents is 1. The Morgan fingerprint density at radius 1 is 1.31 bits per heavy atom. The molecule has 0 N–H and O–H groups in total. The van der Waals surface area contributed by atoms with Crippen LogP contribution in [0.2, 0.25) is 0 Å². The van der Waals surface area contributed by atoms with E-state index in [0.29, 0.717) is 5.75 Å². The number of nitro groups is 1. The topological polar surface area (TPSA) is 52.4 Å². The van der Waals surface area contributed by atoms with Gasteiger partial charge in [-0.3, -0.25) is 10.1 Å². The molecule has 1 fully saturated rings. The quantitative estimate of drug-likeness (QED) is 0.591. The molecule has 16 heavy (non-hydrogen) atoms. The van der Waals surface area contributed by atoms with Crippen molar-refractivity contribution in [1.82, 2.24) is 0 Å². The van der Waals surface area contributed by atoms with Crippen LogP contribution in [0.15, 0.2) is 24.3 Å². The van der Waals surface area contributed by atoms with E-state index in [1.54, 1.807) is 0 Å². The van der Waals surface area contributed by atoms with Gasteiger partial charge in [-0.15, -0.1) is 0 Å². The summed E-state index contributed by atoms with van der Waals surface area (Å²) in [6.45, 7) is 0. The Morgan fingerprint density at radius 2 is 1.88 bits per heavy atom. The van der Waals surface area contributed by atoms with Crippen LogP contribution in [0, 0.1) is 10.1 Å². The van der Waals surface area contributed by atoms with Gasteiger partial charge in [-0.1, -0.05) is 0 Å². The first-order valence-corrected chi connectivity index (χ1v) is 4.75. The van der Waals surface area contributed by atoms with Crippen molar-refractivity contribution in [2.24, 2.45) is 0 Å². The van der Waals surface area contributed by atoms with Gasteiger partial charge in [0.2, 0.25) is 0 Å². The fraction of sp³-hybridized carbons (Fsp3) is 0.400. The average Bonchev–Trinajstić information content (AvgIpc) is 2.15. The molecule has 0 atom stereocenters. The van der Waals surface area contributed by atoms with Gasteiger partial charge in [0.15, 0.2) is 0 Å². The van der Waals surface area contributed by atoms with Crippen LogP contribution in [0.5, 0.6) is 5.75 Å². The lowest BCUT2D eigenvalue weighted by Gasteiger charge is -2.34. The van der Waals surface area contributed by atoms with Crippen LogP contribution >= 0.6 is 0 Å². The molecule has 0 bridgehead atoms. The molecule has 0 heterocycles. The van der Waals surface area contributed by atoms with Crippen molar-refractivity contribution in [2.45, 2.75) is 24.9 Å². The first-order chi connectivity index (χ1) is 7.46. The van der Waals surface area contributed by atoms with Gasteiger partial charge in [-0.25, -0.2) is 8.78 Å². The number of ether oxygens (including phenoxy) is 1. The molecule has 0 saturated heterocycles. The molecule has 1 aliphatic rings. The van der Waals surface area contributed by atoms with E-state index in [0.717, 1.165) is 0 Å². The highest BCUT2D eigenvalue weighted by atomic mass is 19.3. The van der Waals surface area contributed by atoms with Crippen LogP contribution in [0.25, 0.3) is 0 Å². The van der Waals surface area contributed by atoms with E-state index in [9.17, 15) is 18.9 Å². The van der Waals surface area contributed by atoms with Gasteiger partial charge in [-0.2, -0.15) is 0 Å². The molecule has 0 unspecified atom stereocenters. The first-order valence-electron chi connectivity index (χ1n) is 4.75. The van der Waals surface area contributed by atoms with E-state index in [2.05, 4.69) is 0 Å². The minimum atomic E-state index is -2.62. The summed E-state index contributed by atoms with van der Waals surface area (Å²) < 4.78 is 30.2. The number of hydrogen-bond acceptors (Lipinski definition) is 3. The van der Waals surface area contributed by atoms with Crippen molar-refractivity contribution in [3.8, 4) is 5.75 Å². The summed E-state index contributed by atoms with van der Waals surface area (Å²) in [4.78, 5) is 9.83. The molecule has 6 heteroatoms. The third kappa shape index (κ3) is 2.26. The Morgan fingerprint density at radius 3 is 2.31 bits per heavy atom. The lowest BCUT2D eigenvalue weighted by atomic mass is 9.91. The first kappa shape index (κ1) is 10.8. The zero-order chi connectivity index (χ0) is 11.8. The normalized spacial score (nSPS) is 18.9. The number of hydrogen-bond donors (Lipinski definition) is 0. The molecule has 1 aromatic rings. The fourth-order valence-corrected chi connectivity index (χ4v) is 1.53. The second-order valence-corrected chi connectivity index (χ2v) is 3.76. The molecule has 86 valence electrons. The molecule has 2 rings (SSSR count). The van der Waals surface area contributed by atoms with Crippen molar-refractivity contribution in [3.63, 3.8) is 0 Å². The Hall–Kier alpha value is -1.72. The van der Waals surface area contributed by atoms with Crippen molar-refractivity contribution in [3.05, 3.63) is 34.4 Å². The summed E-state index contributed by atoms with van der Waals surface area (Å²) in [6.07, 6.45) is -1.06. The minimum absolute atomic E-state index is 0.0497. The van der Waals surface area contributed by atoms with Gasteiger partial charge in [0, 0.05) is 25.0 Å². The van der Waals surface area contributed by atoms with Crippen molar-refractivity contribution in [2.75, 3.05) is 0 Å². The monoisotopic (exact) mass is 229 g/mol. The number of benzene rings is 1. The smallest absolute Gasteiger partial charge is 0.269 e. The molecular formula is C10H9F2NO3. The Kier molecular flexibility index (Phi) is 2.49. The van der Waals surface area contributed by atoms with E-state index in [-0.39, 0.29) is 18.5 Å². The van der Waals surface area contributed by atoms with E-state index in [4.69, 9.17) is 4.74 Å². The van der Waals surface area contributed by atoms with E-state index in [1.807, 2.05) is 0 Å². The van der Waals surface area contributed by atoms with Gasteiger partial charge in [0.25, 0.3) is 11.6 Å². The van der Waals surface area contributed by atoms with Crippen molar-refractivity contribution in [1.29, 1.82) is 0 Å². The molecule has 0 spiro atoms. The number of alkyl halides is 2. The molecule has 1 saturated carbocycles. The molecule has 0 aliphatic heterocycles. The highest BCUT2D eigenvalue weighted by Gasteiger charge is 2.46.